The summed E-state index contributed by atoms with van der Waals surface area (Å²) in [5, 5.41) is 11.8. The maximum Gasteiger partial charge on any atom is 0.228 e. The highest BCUT2D eigenvalue weighted by Gasteiger charge is 2.25. The Morgan fingerprint density at radius 3 is 2.44 bits per heavy atom. The second kappa shape index (κ2) is 5.46. The molecule has 1 aromatic carbocycles. The van der Waals surface area contributed by atoms with E-state index in [2.05, 4.69) is 21.2 Å². The van der Waals surface area contributed by atoms with E-state index in [4.69, 9.17) is 5.11 Å². The van der Waals surface area contributed by atoms with Crippen LogP contribution >= 0.6 is 15.9 Å². The van der Waals surface area contributed by atoms with Gasteiger partial charge in [0.15, 0.2) is 0 Å². The van der Waals surface area contributed by atoms with Crippen LogP contribution in [0.1, 0.15) is 19.4 Å². The predicted octanol–water partition coefficient (Wildman–Crippen LogP) is 2.08. The van der Waals surface area contributed by atoms with Crippen molar-refractivity contribution < 1.29 is 9.90 Å². The third kappa shape index (κ3) is 3.61. The van der Waals surface area contributed by atoms with Gasteiger partial charge >= 0.3 is 0 Å². The summed E-state index contributed by atoms with van der Waals surface area (Å²) in [4.78, 5) is 11.7. The largest absolute Gasteiger partial charge is 0.395 e. The van der Waals surface area contributed by atoms with Gasteiger partial charge in [-0.15, -0.1) is 0 Å². The molecule has 0 spiro atoms. The van der Waals surface area contributed by atoms with E-state index in [1.54, 1.807) is 13.8 Å². The van der Waals surface area contributed by atoms with Crippen LogP contribution in [-0.2, 0) is 11.3 Å². The first-order chi connectivity index (χ1) is 7.45. The minimum absolute atomic E-state index is 0.141. The van der Waals surface area contributed by atoms with Crippen molar-refractivity contribution in [3.8, 4) is 0 Å². The lowest BCUT2D eigenvalue weighted by atomic mass is 9.94. The van der Waals surface area contributed by atoms with Crippen LogP contribution in [0.3, 0.4) is 0 Å². The Morgan fingerprint density at radius 2 is 1.94 bits per heavy atom. The summed E-state index contributed by atoms with van der Waals surface area (Å²) in [7, 11) is 0. The van der Waals surface area contributed by atoms with E-state index in [0.717, 1.165) is 10.0 Å². The van der Waals surface area contributed by atoms with E-state index in [1.807, 2.05) is 24.3 Å². The lowest BCUT2D eigenvalue weighted by molar-refractivity contribution is -0.131. The molecule has 0 heterocycles. The molecule has 16 heavy (non-hydrogen) atoms. The van der Waals surface area contributed by atoms with E-state index in [9.17, 15) is 4.79 Å². The number of carbonyl (C=O) groups is 1. The highest BCUT2D eigenvalue weighted by molar-refractivity contribution is 9.10. The molecule has 0 aliphatic carbocycles. The van der Waals surface area contributed by atoms with E-state index < -0.39 is 5.41 Å². The molecule has 0 saturated heterocycles. The van der Waals surface area contributed by atoms with Gasteiger partial charge in [0.25, 0.3) is 0 Å². The zero-order valence-electron chi connectivity index (χ0n) is 9.46. The zero-order chi connectivity index (χ0) is 12.2. The second-order valence-corrected chi connectivity index (χ2v) is 5.27. The maximum atomic E-state index is 11.7. The molecule has 0 saturated carbocycles. The van der Waals surface area contributed by atoms with Crippen LogP contribution in [-0.4, -0.2) is 17.6 Å². The number of nitrogens with one attached hydrogen (secondary N) is 1. The summed E-state index contributed by atoms with van der Waals surface area (Å²) in [6.45, 7) is 3.75. The lowest BCUT2D eigenvalue weighted by Gasteiger charge is -2.20. The summed E-state index contributed by atoms with van der Waals surface area (Å²) in [5.74, 6) is -0.141. The molecule has 0 aliphatic rings. The number of aliphatic hydroxyl groups excluding tert-OH is 1. The van der Waals surface area contributed by atoms with Gasteiger partial charge in [0.2, 0.25) is 5.91 Å². The number of benzene rings is 1. The molecule has 0 aromatic heterocycles. The topological polar surface area (TPSA) is 49.3 Å². The van der Waals surface area contributed by atoms with E-state index in [0.29, 0.717) is 6.54 Å². The molecule has 0 radical (unpaired) electrons. The highest BCUT2D eigenvalue weighted by Crippen LogP contribution is 2.14. The number of carbonyl (C=O) groups excluding carboxylic acids is 1. The Hall–Kier alpha value is -0.870. The molecular weight excluding hydrogens is 270 g/mol. The smallest absolute Gasteiger partial charge is 0.228 e. The number of aliphatic hydroxyl groups is 1. The van der Waals surface area contributed by atoms with Crippen molar-refractivity contribution in [1.82, 2.24) is 5.32 Å². The van der Waals surface area contributed by atoms with Crippen molar-refractivity contribution in [1.29, 1.82) is 0 Å². The average molecular weight is 286 g/mol. The molecule has 3 nitrogen and oxygen atoms in total. The average Bonchev–Trinajstić information content (AvgIpc) is 2.28. The highest BCUT2D eigenvalue weighted by atomic mass is 79.9. The molecule has 4 heteroatoms. The monoisotopic (exact) mass is 285 g/mol. The minimum atomic E-state index is -0.727. The fourth-order valence-corrected chi connectivity index (χ4v) is 1.36. The SMILES string of the molecule is CC(C)(CO)C(=O)NCc1ccc(Br)cc1. The Balaban J connectivity index is 2.52. The fourth-order valence-electron chi connectivity index (χ4n) is 1.10. The standard InChI is InChI=1S/C12H16BrNO2/c1-12(2,8-15)11(16)14-7-9-3-5-10(13)6-4-9/h3-6,15H,7-8H2,1-2H3,(H,14,16). The van der Waals surface area contributed by atoms with Crippen molar-refractivity contribution in [3.05, 3.63) is 34.3 Å². The van der Waals surface area contributed by atoms with Crippen molar-refractivity contribution >= 4 is 21.8 Å². The Bertz CT molecular complexity index is 360. The van der Waals surface area contributed by atoms with Gasteiger partial charge in [-0.1, -0.05) is 28.1 Å². The summed E-state index contributed by atoms with van der Waals surface area (Å²) >= 11 is 3.35. The van der Waals surface area contributed by atoms with E-state index >= 15 is 0 Å². The first-order valence-electron chi connectivity index (χ1n) is 5.09. The van der Waals surface area contributed by atoms with E-state index in [-0.39, 0.29) is 12.5 Å². The van der Waals surface area contributed by atoms with Gasteiger partial charge in [0.1, 0.15) is 0 Å². The van der Waals surface area contributed by atoms with E-state index in [1.165, 1.54) is 0 Å². The number of hydrogen-bond acceptors (Lipinski definition) is 2. The third-order valence-electron chi connectivity index (χ3n) is 2.38. The molecule has 88 valence electrons. The normalized spacial score (nSPS) is 11.2. The summed E-state index contributed by atoms with van der Waals surface area (Å²) in [6, 6.07) is 7.74. The van der Waals surface area contributed by atoms with Crippen LogP contribution in [0.2, 0.25) is 0 Å². The number of halogens is 1. The molecule has 0 bridgehead atoms. The second-order valence-electron chi connectivity index (χ2n) is 4.35. The van der Waals surface area contributed by atoms with Gasteiger partial charge in [0.05, 0.1) is 12.0 Å². The van der Waals surface area contributed by atoms with Crippen molar-refractivity contribution in [2.24, 2.45) is 5.41 Å². The molecule has 0 fully saturated rings. The van der Waals surface area contributed by atoms with Gasteiger partial charge in [-0.25, -0.2) is 0 Å². The van der Waals surface area contributed by atoms with Crippen molar-refractivity contribution in [2.75, 3.05) is 6.61 Å². The molecule has 1 aromatic rings. The quantitative estimate of drug-likeness (QED) is 0.890. The molecule has 0 unspecified atom stereocenters. The number of rotatable bonds is 4. The number of amides is 1. The summed E-state index contributed by atoms with van der Waals surface area (Å²) in [6.07, 6.45) is 0. The summed E-state index contributed by atoms with van der Waals surface area (Å²) in [5.41, 5.74) is 0.306. The van der Waals surface area contributed by atoms with Crippen LogP contribution in [0.15, 0.2) is 28.7 Å². The van der Waals surface area contributed by atoms with Crippen LogP contribution in [0.4, 0.5) is 0 Å². The Morgan fingerprint density at radius 1 is 1.38 bits per heavy atom. The minimum Gasteiger partial charge on any atom is -0.395 e. The Kier molecular flexibility index (Phi) is 4.50. The van der Waals surface area contributed by atoms with Gasteiger partial charge in [-0.3, -0.25) is 4.79 Å². The Labute approximate surface area is 104 Å². The molecule has 0 atom stereocenters. The molecular formula is C12H16BrNO2. The maximum absolute atomic E-state index is 11.7. The van der Waals surface area contributed by atoms with Gasteiger partial charge < -0.3 is 10.4 Å². The third-order valence-corrected chi connectivity index (χ3v) is 2.90. The van der Waals surface area contributed by atoms with Gasteiger partial charge in [-0.2, -0.15) is 0 Å². The predicted molar refractivity (Wildman–Crippen MR) is 66.9 cm³/mol. The summed E-state index contributed by atoms with van der Waals surface area (Å²) < 4.78 is 1.01. The van der Waals surface area contributed by atoms with Crippen molar-refractivity contribution in [2.45, 2.75) is 20.4 Å². The first kappa shape index (κ1) is 13.2. The van der Waals surface area contributed by atoms with Crippen molar-refractivity contribution in [3.63, 3.8) is 0 Å². The zero-order valence-corrected chi connectivity index (χ0v) is 11.0. The van der Waals surface area contributed by atoms with Crippen LogP contribution in [0.5, 0.6) is 0 Å². The molecule has 1 rings (SSSR count). The number of hydrogen-bond donors (Lipinski definition) is 2. The molecule has 0 aliphatic heterocycles. The van der Waals surface area contributed by atoms with Gasteiger partial charge in [-0.05, 0) is 31.5 Å². The molecule has 2 N–H and O–H groups in total. The van der Waals surface area contributed by atoms with Crippen LogP contribution in [0.25, 0.3) is 0 Å². The fraction of sp³-hybridized carbons (Fsp3) is 0.417. The van der Waals surface area contributed by atoms with Gasteiger partial charge in [0, 0.05) is 11.0 Å². The molecule has 1 amide bonds. The lowest BCUT2D eigenvalue weighted by Crippen LogP contribution is -2.38. The van der Waals surface area contributed by atoms with Crippen LogP contribution < -0.4 is 5.32 Å². The van der Waals surface area contributed by atoms with Crippen LogP contribution in [0, 0.1) is 5.41 Å². The first-order valence-corrected chi connectivity index (χ1v) is 5.88.